The van der Waals surface area contributed by atoms with Gasteiger partial charge in [-0.05, 0) is 5.56 Å². The molecule has 2 heterocycles. The van der Waals surface area contributed by atoms with Gasteiger partial charge in [0.1, 0.15) is 48.8 Å². The summed E-state index contributed by atoms with van der Waals surface area (Å²) in [4.78, 5) is 0. The van der Waals surface area contributed by atoms with Crippen molar-refractivity contribution in [1.82, 2.24) is 0 Å². The highest BCUT2D eigenvalue weighted by Crippen LogP contribution is 2.28. The van der Waals surface area contributed by atoms with Crippen molar-refractivity contribution >= 4 is 0 Å². The summed E-state index contributed by atoms with van der Waals surface area (Å²) in [5.41, 5.74) is 0.487. The van der Waals surface area contributed by atoms with Crippen LogP contribution in [0.5, 0.6) is 0 Å². The largest absolute Gasteiger partial charge is 0.394 e. The van der Waals surface area contributed by atoms with E-state index in [4.69, 9.17) is 18.9 Å². The van der Waals surface area contributed by atoms with Gasteiger partial charge in [-0.2, -0.15) is 5.26 Å². The topological polar surface area (TPSA) is 202 Å². The first-order valence-electron chi connectivity index (χ1n) is 10.00. The second-order valence-corrected chi connectivity index (χ2v) is 7.60. The van der Waals surface area contributed by atoms with Crippen LogP contribution in [0.1, 0.15) is 11.7 Å². The third kappa shape index (κ3) is 5.25. The van der Waals surface area contributed by atoms with Crippen molar-refractivity contribution in [1.29, 1.82) is 5.26 Å². The number of aliphatic hydroxyl groups excluding tert-OH is 7. The lowest BCUT2D eigenvalue weighted by atomic mass is 9.98. The number of nitrogens with zero attached hydrogens (tertiary/aromatic N) is 1. The Hall–Kier alpha value is -1.73. The lowest BCUT2D eigenvalue weighted by Gasteiger charge is -2.43. The van der Waals surface area contributed by atoms with Gasteiger partial charge in [0.15, 0.2) is 18.7 Å². The van der Waals surface area contributed by atoms with Crippen molar-refractivity contribution in [3.05, 3.63) is 35.9 Å². The maximum Gasteiger partial charge on any atom is 0.188 e. The maximum atomic E-state index is 10.3. The van der Waals surface area contributed by atoms with Crippen molar-refractivity contribution in [3.63, 3.8) is 0 Å². The van der Waals surface area contributed by atoms with E-state index in [9.17, 15) is 41.0 Å². The second-order valence-electron chi connectivity index (χ2n) is 7.60. The molecule has 0 aromatic heterocycles. The maximum absolute atomic E-state index is 10.3. The highest BCUT2D eigenvalue weighted by molar-refractivity contribution is 5.22. The van der Waals surface area contributed by atoms with Crippen molar-refractivity contribution in [2.24, 2.45) is 0 Å². The number of nitriles is 1. The first-order chi connectivity index (χ1) is 15.3. The molecule has 1 aromatic rings. The highest BCUT2D eigenvalue weighted by atomic mass is 16.7. The second kappa shape index (κ2) is 10.9. The molecule has 0 radical (unpaired) electrons. The van der Waals surface area contributed by atoms with E-state index in [1.54, 1.807) is 30.3 Å². The standard InChI is InChI=1S/C20H27NO11/c21-6-10(9-4-2-1-3-5-9)30-20-18(28)16(26)14(24)12(32-20)8-29-19-17(27)15(25)13(23)11(7-22)31-19/h1-5,10-20,22-28H,7-8H2/t10?,11-,12-,13-,14-,15+,16-,17+,18+,19-,20-/m1/s1. The lowest BCUT2D eigenvalue weighted by molar-refractivity contribution is -0.334. The van der Waals surface area contributed by atoms with E-state index in [1.807, 2.05) is 6.07 Å². The van der Waals surface area contributed by atoms with E-state index in [-0.39, 0.29) is 0 Å². The molecular formula is C20H27NO11. The Balaban J connectivity index is 1.65. The van der Waals surface area contributed by atoms with Crippen LogP contribution in [0, 0.1) is 11.3 Å². The highest BCUT2D eigenvalue weighted by Gasteiger charge is 2.48. The van der Waals surface area contributed by atoms with Crippen molar-refractivity contribution in [3.8, 4) is 6.07 Å². The summed E-state index contributed by atoms with van der Waals surface area (Å²) >= 11 is 0. The average molecular weight is 457 g/mol. The van der Waals surface area contributed by atoms with Gasteiger partial charge in [-0.25, -0.2) is 0 Å². The zero-order valence-electron chi connectivity index (χ0n) is 16.9. The first kappa shape index (κ1) is 24.9. The minimum atomic E-state index is -1.70. The third-order valence-electron chi connectivity index (χ3n) is 5.43. The summed E-state index contributed by atoms with van der Waals surface area (Å²) in [6, 6.07) is 10.3. The van der Waals surface area contributed by atoms with Gasteiger partial charge >= 0.3 is 0 Å². The third-order valence-corrected chi connectivity index (χ3v) is 5.43. The molecule has 2 aliphatic heterocycles. The summed E-state index contributed by atoms with van der Waals surface area (Å²) in [6.07, 6.45) is -16.5. The van der Waals surface area contributed by atoms with Crippen LogP contribution in [0.2, 0.25) is 0 Å². The molecule has 32 heavy (non-hydrogen) atoms. The molecule has 1 unspecified atom stereocenters. The van der Waals surface area contributed by atoms with Gasteiger partial charge in [-0.3, -0.25) is 0 Å². The van der Waals surface area contributed by atoms with Crippen LogP contribution in [-0.2, 0) is 18.9 Å². The molecule has 0 aliphatic carbocycles. The number of benzene rings is 1. The minimum Gasteiger partial charge on any atom is -0.394 e. The summed E-state index contributed by atoms with van der Waals surface area (Å²) in [6.45, 7) is -1.14. The van der Waals surface area contributed by atoms with Gasteiger partial charge in [0.25, 0.3) is 0 Å². The number of hydrogen-bond acceptors (Lipinski definition) is 12. The van der Waals surface area contributed by atoms with Crippen molar-refractivity contribution in [2.45, 2.75) is 67.5 Å². The predicted molar refractivity (Wildman–Crippen MR) is 102 cm³/mol. The van der Waals surface area contributed by atoms with Crippen LogP contribution in [0.3, 0.4) is 0 Å². The molecule has 1 aromatic carbocycles. The summed E-state index contributed by atoms with van der Waals surface area (Å²) in [5.74, 6) is 0. The van der Waals surface area contributed by atoms with E-state index in [0.717, 1.165) is 0 Å². The molecule has 2 aliphatic rings. The number of ether oxygens (including phenoxy) is 4. The average Bonchev–Trinajstić information content (AvgIpc) is 2.81. The molecule has 12 nitrogen and oxygen atoms in total. The van der Waals surface area contributed by atoms with Crippen LogP contribution in [0.25, 0.3) is 0 Å². The van der Waals surface area contributed by atoms with Gasteiger partial charge in [0.05, 0.1) is 19.3 Å². The van der Waals surface area contributed by atoms with Gasteiger partial charge < -0.3 is 54.7 Å². The van der Waals surface area contributed by atoms with Crippen LogP contribution < -0.4 is 0 Å². The fourth-order valence-corrected chi connectivity index (χ4v) is 3.51. The van der Waals surface area contributed by atoms with Gasteiger partial charge in [-0.1, -0.05) is 30.3 Å². The van der Waals surface area contributed by atoms with Gasteiger partial charge in [0.2, 0.25) is 0 Å². The van der Waals surface area contributed by atoms with Gasteiger partial charge in [0, 0.05) is 0 Å². The zero-order valence-corrected chi connectivity index (χ0v) is 16.9. The molecule has 11 atom stereocenters. The molecule has 178 valence electrons. The fraction of sp³-hybridized carbons (Fsp3) is 0.650. The smallest absolute Gasteiger partial charge is 0.188 e. The molecule has 0 amide bonds. The molecule has 12 heteroatoms. The molecule has 0 spiro atoms. The summed E-state index contributed by atoms with van der Waals surface area (Å²) in [5, 5.41) is 79.1. The van der Waals surface area contributed by atoms with E-state index < -0.39 is 80.7 Å². The molecule has 0 bridgehead atoms. The van der Waals surface area contributed by atoms with Crippen LogP contribution in [0.4, 0.5) is 0 Å². The molecule has 2 fully saturated rings. The molecule has 7 N–H and O–H groups in total. The first-order valence-corrected chi connectivity index (χ1v) is 10.00. The van der Waals surface area contributed by atoms with E-state index in [1.165, 1.54) is 0 Å². The van der Waals surface area contributed by atoms with Crippen molar-refractivity contribution in [2.75, 3.05) is 13.2 Å². The lowest BCUT2D eigenvalue weighted by Crippen LogP contribution is -2.61. The molecule has 0 saturated carbocycles. The Kier molecular flexibility index (Phi) is 8.50. The Morgan fingerprint density at radius 1 is 0.812 bits per heavy atom. The Labute approximate surface area is 183 Å². The zero-order chi connectivity index (χ0) is 23.4. The van der Waals surface area contributed by atoms with Crippen molar-refractivity contribution < 1.29 is 54.7 Å². The number of rotatable bonds is 7. The number of hydrogen-bond donors (Lipinski definition) is 7. The van der Waals surface area contributed by atoms with Crippen LogP contribution in [0.15, 0.2) is 30.3 Å². The molecular weight excluding hydrogens is 430 g/mol. The van der Waals surface area contributed by atoms with Crippen LogP contribution in [-0.4, -0.2) is 110 Å². The minimum absolute atomic E-state index is 0.487. The summed E-state index contributed by atoms with van der Waals surface area (Å²) in [7, 11) is 0. The number of aliphatic hydroxyl groups is 7. The normalized spacial score (nSPS) is 41.1. The fourth-order valence-electron chi connectivity index (χ4n) is 3.51. The SMILES string of the molecule is N#CC(O[C@@H]1O[C@H](CO[C@@H]2O[C@H](CO)[C@@H](O)[C@H](O)[C@@H]2O)[C@@H](O)[C@@H](O)[C@@H]1O)c1ccccc1. The monoisotopic (exact) mass is 457 g/mol. The van der Waals surface area contributed by atoms with E-state index in [2.05, 4.69) is 0 Å². The molecule has 2 saturated heterocycles. The Morgan fingerprint density at radius 3 is 1.97 bits per heavy atom. The van der Waals surface area contributed by atoms with Gasteiger partial charge in [-0.15, -0.1) is 0 Å². The summed E-state index contributed by atoms with van der Waals surface area (Å²) < 4.78 is 21.6. The van der Waals surface area contributed by atoms with E-state index >= 15 is 0 Å². The van der Waals surface area contributed by atoms with Crippen LogP contribution >= 0.6 is 0 Å². The molecule has 3 rings (SSSR count). The Morgan fingerprint density at radius 2 is 1.38 bits per heavy atom. The quantitative estimate of drug-likeness (QED) is 0.218. The van der Waals surface area contributed by atoms with E-state index in [0.29, 0.717) is 5.56 Å². The Bertz CT molecular complexity index is 760. The predicted octanol–water partition coefficient (Wildman–Crippen LogP) is -3.11.